The quantitative estimate of drug-likeness (QED) is 0.792. The Morgan fingerprint density at radius 3 is 2.65 bits per heavy atom. The van der Waals surface area contributed by atoms with E-state index in [-0.39, 0.29) is 11.9 Å². The van der Waals surface area contributed by atoms with Gasteiger partial charge in [-0.3, -0.25) is 14.6 Å². The van der Waals surface area contributed by atoms with E-state index in [9.17, 15) is 9.59 Å². The first-order valence-corrected chi connectivity index (χ1v) is 8.72. The summed E-state index contributed by atoms with van der Waals surface area (Å²) in [6, 6.07) is 9.47. The Balaban J connectivity index is 1.56. The summed E-state index contributed by atoms with van der Waals surface area (Å²) in [5.41, 5.74) is 2.04. The number of fused-ring (bicyclic) bond motifs is 3. The molecule has 1 atom stereocenters. The fourth-order valence-corrected chi connectivity index (χ4v) is 3.52. The Labute approximate surface area is 151 Å². The summed E-state index contributed by atoms with van der Waals surface area (Å²) in [5.74, 6) is 0.916. The van der Waals surface area contributed by atoms with Crippen molar-refractivity contribution in [2.75, 3.05) is 13.6 Å². The number of nitrogens with zero attached hydrogens (tertiary/aromatic N) is 4. The molecule has 0 bridgehead atoms. The van der Waals surface area contributed by atoms with E-state index in [4.69, 9.17) is 4.42 Å². The number of carbonyl (C=O) groups excluding carboxylic acids is 2. The highest BCUT2D eigenvalue weighted by molar-refractivity contribution is 6.18. The Kier molecular flexibility index (Phi) is 3.86. The van der Waals surface area contributed by atoms with Crippen molar-refractivity contribution in [3.05, 3.63) is 47.3 Å². The average Bonchev–Trinajstić information content (AvgIpc) is 3.14. The smallest absolute Gasteiger partial charge is 0.389 e. The number of carbonyl (C=O) groups is 2. The second-order valence-corrected chi connectivity index (χ2v) is 6.69. The maximum atomic E-state index is 13.1. The van der Waals surface area contributed by atoms with Gasteiger partial charge in [0, 0.05) is 25.5 Å². The van der Waals surface area contributed by atoms with Gasteiger partial charge < -0.3 is 4.42 Å². The molecule has 1 aromatic heterocycles. The van der Waals surface area contributed by atoms with Gasteiger partial charge in [0.15, 0.2) is 5.76 Å². The zero-order valence-electron chi connectivity index (χ0n) is 15.1. The molecule has 1 aromatic carbocycles. The molecule has 0 radical (unpaired) electrons. The molecule has 4 rings (SSSR count). The van der Waals surface area contributed by atoms with Crippen molar-refractivity contribution in [2.24, 2.45) is 4.99 Å². The highest BCUT2D eigenvalue weighted by Gasteiger charge is 2.55. The summed E-state index contributed by atoms with van der Waals surface area (Å²) in [6.45, 7) is 4.12. The van der Waals surface area contributed by atoms with Crippen LogP contribution in [-0.2, 0) is 11.2 Å². The van der Waals surface area contributed by atoms with Gasteiger partial charge in [-0.25, -0.2) is 4.79 Å². The summed E-state index contributed by atoms with van der Waals surface area (Å²) in [5, 5.41) is 0. The molecule has 7 nitrogen and oxygen atoms in total. The van der Waals surface area contributed by atoms with Crippen LogP contribution in [0.2, 0.25) is 0 Å². The van der Waals surface area contributed by atoms with E-state index in [1.165, 1.54) is 15.4 Å². The minimum atomic E-state index is -0.623. The fraction of sp³-hybridized carbons (Fsp3) is 0.368. The molecule has 26 heavy (non-hydrogen) atoms. The zero-order valence-corrected chi connectivity index (χ0v) is 15.1. The molecule has 0 N–H and O–H groups in total. The molecule has 134 valence electrons. The number of amidine groups is 1. The number of urea groups is 1. The summed E-state index contributed by atoms with van der Waals surface area (Å²) in [7, 11) is 1.65. The molecule has 1 fully saturated rings. The van der Waals surface area contributed by atoms with E-state index in [2.05, 4.69) is 4.99 Å². The van der Waals surface area contributed by atoms with Crippen LogP contribution < -0.4 is 4.57 Å². The number of hydrogen-bond acceptors (Lipinski definition) is 4. The largest absolute Gasteiger partial charge is 0.507 e. The topological polar surface area (TPSA) is 70.0 Å². The van der Waals surface area contributed by atoms with Gasteiger partial charge in [-0.05, 0) is 25.3 Å². The highest BCUT2D eigenvalue weighted by Crippen LogP contribution is 2.30. The Hall–Kier alpha value is -2.96. The third kappa shape index (κ3) is 2.42. The normalized spacial score (nSPS) is 18.9. The third-order valence-corrected chi connectivity index (χ3v) is 5.09. The summed E-state index contributed by atoms with van der Waals surface area (Å²) in [6.07, 6.45) is 1.53. The molecule has 2 aliphatic heterocycles. The molecule has 0 spiro atoms. The molecule has 3 heterocycles. The lowest BCUT2D eigenvalue weighted by molar-refractivity contribution is -0.685. The van der Waals surface area contributed by atoms with E-state index in [0.29, 0.717) is 18.4 Å². The van der Waals surface area contributed by atoms with Gasteiger partial charge in [-0.15, -0.1) is 0 Å². The number of hydrogen-bond donors (Lipinski definition) is 0. The second kappa shape index (κ2) is 6.09. The molecule has 3 amide bonds. The lowest BCUT2D eigenvalue weighted by atomic mass is 10.1. The number of aromatic nitrogens is 1. The summed E-state index contributed by atoms with van der Waals surface area (Å²) >= 11 is 0. The van der Waals surface area contributed by atoms with E-state index in [1.54, 1.807) is 11.6 Å². The molecule has 1 saturated heterocycles. The van der Waals surface area contributed by atoms with E-state index < -0.39 is 6.04 Å². The van der Waals surface area contributed by atoms with E-state index >= 15 is 0 Å². The van der Waals surface area contributed by atoms with Crippen LogP contribution in [0.15, 0.2) is 39.7 Å². The Bertz CT molecular complexity index is 916. The predicted molar refractivity (Wildman–Crippen MR) is 94.1 cm³/mol. The average molecular weight is 353 g/mol. The summed E-state index contributed by atoms with van der Waals surface area (Å²) < 4.78 is 7.40. The van der Waals surface area contributed by atoms with Crippen molar-refractivity contribution in [1.82, 2.24) is 9.80 Å². The number of likely N-dealkylation sites (N-methyl/N-ethyl adjacent to an activating group) is 1. The van der Waals surface area contributed by atoms with Crippen molar-refractivity contribution in [2.45, 2.75) is 32.7 Å². The Morgan fingerprint density at radius 2 is 1.92 bits per heavy atom. The Morgan fingerprint density at radius 1 is 1.19 bits per heavy atom. The summed E-state index contributed by atoms with van der Waals surface area (Å²) in [4.78, 5) is 32.9. The fourth-order valence-electron chi connectivity index (χ4n) is 3.52. The SMILES string of the molecule is Cc1oc2[n+](c1C)C1C(=O)N(CCCc3ccccc3)C(=O)N(C)C1=N2. The number of imide groups is 1. The van der Waals surface area contributed by atoms with Gasteiger partial charge in [0.2, 0.25) is 0 Å². The van der Waals surface area contributed by atoms with Gasteiger partial charge in [0.25, 0.3) is 17.8 Å². The lowest BCUT2D eigenvalue weighted by Crippen LogP contribution is -2.63. The van der Waals surface area contributed by atoms with Crippen molar-refractivity contribution in [3.8, 4) is 0 Å². The van der Waals surface area contributed by atoms with Crippen LogP contribution in [-0.4, -0.2) is 41.2 Å². The molecule has 0 saturated carbocycles. The maximum absolute atomic E-state index is 13.1. The number of amides is 3. The van der Waals surface area contributed by atoms with Crippen molar-refractivity contribution >= 4 is 23.8 Å². The van der Waals surface area contributed by atoms with Crippen LogP contribution in [0, 0.1) is 13.8 Å². The van der Waals surface area contributed by atoms with Crippen molar-refractivity contribution < 1.29 is 18.6 Å². The first kappa shape index (κ1) is 16.5. The monoisotopic (exact) mass is 353 g/mol. The molecule has 2 aliphatic rings. The van der Waals surface area contributed by atoms with Crippen LogP contribution in [0.5, 0.6) is 0 Å². The van der Waals surface area contributed by atoms with Gasteiger partial charge in [0.05, 0.1) is 0 Å². The molecule has 2 aromatic rings. The predicted octanol–water partition coefficient (Wildman–Crippen LogP) is 2.30. The second-order valence-electron chi connectivity index (χ2n) is 6.69. The number of oxazole rings is 1. The van der Waals surface area contributed by atoms with Crippen molar-refractivity contribution in [1.29, 1.82) is 0 Å². The zero-order chi connectivity index (χ0) is 18.4. The third-order valence-electron chi connectivity index (χ3n) is 5.09. The molecular formula is C19H21N4O3+. The maximum Gasteiger partial charge on any atom is 0.507 e. The molecule has 7 heteroatoms. The number of aryl methyl sites for hydroxylation is 2. The van der Waals surface area contributed by atoms with Gasteiger partial charge >= 0.3 is 12.0 Å². The van der Waals surface area contributed by atoms with E-state index in [1.807, 2.05) is 44.2 Å². The number of benzene rings is 1. The first-order valence-electron chi connectivity index (χ1n) is 8.72. The molecule has 0 aliphatic carbocycles. The van der Waals surface area contributed by atoms with Crippen molar-refractivity contribution in [3.63, 3.8) is 0 Å². The highest BCUT2D eigenvalue weighted by atomic mass is 16.4. The minimum absolute atomic E-state index is 0.243. The molecule has 1 unspecified atom stereocenters. The first-order chi connectivity index (χ1) is 12.5. The van der Waals surface area contributed by atoms with Gasteiger partial charge in [0.1, 0.15) is 5.69 Å². The van der Waals surface area contributed by atoms with E-state index in [0.717, 1.165) is 24.3 Å². The minimum Gasteiger partial charge on any atom is -0.389 e. The van der Waals surface area contributed by atoms with Crippen LogP contribution in [0.3, 0.4) is 0 Å². The standard InChI is InChI=1S/C19H21N4O3/c1-12-13(2)26-18-20-16-15(23(12)18)17(24)22(19(25)21(16)3)11-7-10-14-8-5-4-6-9-14/h4-6,8-9,15H,7,10-11H2,1-3H3/q+1. The number of rotatable bonds is 4. The lowest BCUT2D eigenvalue weighted by Gasteiger charge is -2.32. The van der Waals surface area contributed by atoms with Gasteiger partial charge in [-0.2, -0.15) is 4.57 Å². The molecular weight excluding hydrogens is 332 g/mol. The van der Waals surface area contributed by atoms with Crippen LogP contribution in [0.1, 0.15) is 29.5 Å². The van der Waals surface area contributed by atoms with Crippen LogP contribution in [0.25, 0.3) is 0 Å². The van der Waals surface area contributed by atoms with Crippen LogP contribution in [0.4, 0.5) is 10.8 Å². The number of aliphatic imine (C=N–C) groups is 1. The van der Waals surface area contributed by atoms with Gasteiger partial charge in [-0.1, -0.05) is 30.3 Å². The van der Waals surface area contributed by atoms with Crippen LogP contribution >= 0.6 is 0 Å².